The average Bonchev–Trinajstić information content (AvgIpc) is 2.92. The molecule has 0 bridgehead atoms. The minimum Gasteiger partial charge on any atom is -0.352 e. The van der Waals surface area contributed by atoms with E-state index in [1.165, 1.54) is 29.5 Å². The molecule has 0 aliphatic heterocycles. The Bertz CT molecular complexity index is 631. The normalized spacial score (nSPS) is 10.2. The smallest absolute Gasteiger partial charge is 0.270 e. The van der Waals surface area contributed by atoms with E-state index in [2.05, 4.69) is 26.2 Å². The summed E-state index contributed by atoms with van der Waals surface area (Å²) in [4.78, 5) is 26.3. The second-order valence-corrected chi connectivity index (χ2v) is 5.48. The van der Waals surface area contributed by atoms with E-state index < -0.39 is 4.92 Å². The van der Waals surface area contributed by atoms with Crippen LogP contribution >= 0.6 is 27.3 Å². The van der Waals surface area contributed by atoms with Gasteiger partial charge in [-0.05, 0) is 22.0 Å². The Morgan fingerprint density at radius 2 is 2.30 bits per heavy atom. The second kappa shape index (κ2) is 6.58. The summed E-state index contributed by atoms with van der Waals surface area (Å²) in [7, 11) is 0. The molecule has 2 aromatic rings. The molecule has 1 heterocycles. The lowest BCUT2D eigenvalue weighted by molar-refractivity contribution is -0.384. The van der Waals surface area contributed by atoms with Crippen LogP contribution in [0.2, 0.25) is 0 Å². The minimum atomic E-state index is -0.529. The first-order chi connectivity index (χ1) is 9.58. The summed E-state index contributed by atoms with van der Waals surface area (Å²) in [5.74, 6) is -0.351. The Morgan fingerprint density at radius 3 is 2.95 bits per heavy atom. The number of hydrogen-bond donors (Lipinski definition) is 1. The number of nitrogens with one attached hydrogen (secondary N) is 1. The Kier molecular flexibility index (Phi) is 4.80. The van der Waals surface area contributed by atoms with E-state index in [1.807, 2.05) is 5.38 Å². The molecule has 0 atom stereocenters. The first kappa shape index (κ1) is 14.6. The van der Waals surface area contributed by atoms with Gasteiger partial charge in [0, 0.05) is 35.0 Å². The summed E-state index contributed by atoms with van der Waals surface area (Å²) in [6.45, 7) is 0.428. The monoisotopic (exact) mass is 355 g/mol. The Balaban J connectivity index is 2.01. The van der Waals surface area contributed by atoms with Crippen molar-refractivity contribution in [3.63, 3.8) is 0 Å². The van der Waals surface area contributed by atoms with Gasteiger partial charge in [0.2, 0.25) is 0 Å². The van der Waals surface area contributed by atoms with Crippen molar-refractivity contribution in [3.8, 4) is 0 Å². The number of amides is 1. The van der Waals surface area contributed by atoms with E-state index in [0.29, 0.717) is 17.4 Å². The summed E-state index contributed by atoms with van der Waals surface area (Å²) in [6.07, 6.45) is 0.627. The Morgan fingerprint density at radius 1 is 1.50 bits per heavy atom. The number of nitro benzene ring substituents is 1. The lowest BCUT2D eigenvalue weighted by atomic mass is 10.2. The fourth-order valence-corrected chi connectivity index (χ4v) is 2.58. The maximum absolute atomic E-state index is 12.0. The lowest BCUT2D eigenvalue weighted by Crippen LogP contribution is -2.26. The van der Waals surface area contributed by atoms with E-state index in [1.54, 1.807) is 5.51 Å². The quantitative estimate of drug-likeness (QED) is 0.659. The number of carbonyl (C=O) groups excluding carboxylic acids is 1. The van der Waals surface area contributed by atoms with Gasteiger partial charge in [-0.15, -0.1) is 11.3 Å². The number of non-ortho nitro benzene ring substituents is 1. The van der Waals surface area contributed by atoms with Crippen LogP contribution in [-0.2, 0) is 6.42 Å². The average molecular weight is 356 g/mol. The number of carbonyl (C=O) groups is 1. The fourth-order valence-electron chi connectivity index (χ4n) is 1.56. The maximum atomic E-state index is 12.0. The molecule has 0 unspecified atom stereocenters. The van der Waals surface area contributed by atoms with Crippen LogP contribution in [0.25, 0.3) is 0 Å². The van der Waals surface area contributed by atoms with Gasteiger partial charge < -0.3 is 5.32 Å². The van der Waals surface area contributed by atoms with Crippen molar-refractivity contribution in [3.05, 3.63) is 54.9 Å². The van der Waals surface area contributed by atoms with Crippen molar-refractivity contribution in [1.82, 2.24) is 10.3 Å². The zero-order valence-corrected chi connectivity index (χ0v) is 12.6. The van der Waals surface area contributed by atoms with E-state index >= 15 is 0 Å². The number of hydrogen-bond acceptors (Lipinski definition) is 5. The van der Waals surface area contributed by atoms with Crippen molar-refractivity contribution in [2.24, 2.45) is 0 Å². The van der Waals surface area contributed by atoms with Gasteiger partial charge in [0.25, 0.3) is 11.6 Å². The minimum absolute atomic E-state index is 0.113. The summed E-state index contributed by atoms with van der Waals surface area (Å²) in [5.41, 5.74) is 2.78. The third kappa shape index (κ3) is 3.61. The van der Waals surface area contributed by atoms with Gasteiger partial charge in [0.15, 0.2) is 0 Å². The standard InChI is InChI=1S/C12H10BrN3O3S/c13-11-2-1-9(16(18)19)5-10(11)12(17)14-4-3-8-6-20-7-15-8/h1-2,5-7H,3-4H2,(H,14,17). The molecule has 1 aromatic heterocycles. The largest absolute Gasteiger partial charge is 0.352 e. The highest BCUT2D eigenvalue weighted by Crippen LogP contribution is 2.22. The molecule has 0 spiro atoms. The summed E-state index contributed by atoms with van der Waals surface area (Å²) >= 11 is 4.71. The van der Waals surface area contributed by atoms with E-state index in [9.17, 15) is 14.9 Å². The molecule has 1 N–H and O–H groups in total. The first-order valence-corrected chi connectivity index (χ1v) is 7.40. The Labute approximate surface area is 127 Å². The molecule has 1 aromatic carbocycles. The van der Waals surface area contributed by atoms with Crippen LogP contribution in [-0.4, -0.2) is 22.4 Å². The van der Waals surface area contributed by atoms with Gasteiger partial charge in [-0.1, -0.05) is 0 Å². The highest BCUT2D eigenvalue weighted by atomic mass is 79.9. The molecule has 0 aliphatic carbocycles. The van der Waals surface area contributed by atoms with E-state index in [4.69, 9.17) is 0 Å². The third-order valence-corrected chi connectivity index (χ3v) is 3.88. The molecular formula is C12H10BrN3O3S. The lowest BCUT2D eigenvalue weighted by Gasteiger charge is -2.06. The van der Waals surface area contributed by atoms with Crippen LogP contribution in [0.1, 0.15) is 16.1 Å². The number of rotatable bonds is 5. The fraction of sp³-hybridized carbons (Fsp3) is 0.167. The van der Waals surface area contributed by atoms with E-state index in [-0.39, 0.29) is 17.2 Å². The number of thiazole rings is 1. The molecule has 104 valence electrons. The topological polar surface area (TPSA) is 85.1 Å². The molecular weight excluding hydrogens is 346 g/mol. The number of benzene rings is 1. The number of halogens is 1. The van der Waals surface area contributed by atoms with Crippen LogP contribution < -0.4 is 5.32 Å². The molecule has 0 radical (unpaired) electrons. The van der Waals surface area contributed by atoms with Crippen LogP contribution in [0.5, 0.6) is 0 Å². The Hall–Kier alpha value is -1.80. The number of nitro groups is 1. The van der Waals surface area contributed by atoms with Crippen LogP contribution in [0.15, 0.2) is 33.6 Å². The van der Waals surface area contributed by atoms with Crippen molar-refractivity contribution in [2.75, 3.05) is 6.54 Å². The molecule has 0 saturated carbocycles. The van der Waals surface area contributed by atoms with Gasteiger partial charge >= 0.3 is 0 Å². The molecule has 0 fully saturated rings. The molecule has 6 nitrogen and oxygen atoms in total. The van der Waals surface area contributed by atoms with Gasteiger partial charge in [-0.2, -0.15) is 0 Å². The zero-order chi connectivity index (χ0) is 14.5. The SMILES string of the molecule is O=C(NCCc1cscn1)c1cc([N+](=O)[O-])ccc1Br. The molecule has 0 saturated heterocycles. The van der Waals surface area contributed by atoms with Gasteiger partial charge in [0.05, 0.1) is 21.7 Å². The van der Waals surface area contributed by atoms with Crippen molar-refractivity contribution in [2.45, 2.75) is 6.42 Å². The summed E-state index contributed by atoms with van der Waals surface area (Å²) in [5, 5.41) is 15.3. The van der Waals surface area contributed by atoms with E-state index in [0.717, 1.165) is 5.69 Å². The molecule has 1 amide bonds. The predicted molar refractivity (Wildman–Crippen MR) is 78.9 cm³/mol. The summed E-state index contributed by atoms with van der Waals surface area (Å²) in [6, 6.07) is 4.09. The van der Waals surface area contributed by atoms with Gasteiger partial charge in [-0.25, -0.2) is 4.98 Å². The number of aromatic nitrogens is 1. The second-order valence-electron chi connectivity index (χ2n) is 3.91. The van der Waals surface area contributed by atoms with Gasteiger partial charge in [0.1, 0.15) is 0 Å². The third-order valence-electron chi connectivity index (χ3n) is 2.56. The van der Waals surface area contributed by atoms with Gasteiger partial charge in [-0.3, -0.25) is 14.9 Å². The highest BCUT2D eigenvalue weighted by Gasteiger charge is 2.15. The van der Waals surface area contributed by atoms with Crippen LogP contribution in [0.3, 0.4) is 0 Å². The maximum Gasteiger partial charge on any atom is 0.270 e. The van der Waals surface area contributed by atoms with Crippen molar-refractivity contribution in [1.29, 1.82) is 0 Å². The molecule has 0 aliphatic rings. The van der Waals surface area contributed by atoms with Crippen molar-refractivity contribution >= 4 is 38.9 Å². The zero-order valence-electron chi connectivity index (χ0n) is 10.2. The van der Waals surface area contributed by atoms with Crippen molar-refractivity contribution < 1.29 is 9.72 Å². The molecule has 20 heavy (non-hydrogen) atoms. The number of nitrogens with zero attached hydrogens (tertiary/aromatic N) is 2. The van der Waals surface area contributed by atoms with Crippen LogP contribution in [0.4, 0.5) is 5.69 Å². The molecule has 2 rings (SSSR count). The summed E-state index contributed by atoms with van der Waals surface area (Å²) < 4.78 is 0.522. The highest BCUT2D eigenvalue weighted by molar-refractivity contribution is 9.10. The van der Waals surface area contributed by atoms with Crippen LogP contribution in [0, 0.1) is 10.1 Å². The predicted octanol–water partition coefficient (Wildman–Crippen LogP) is 2.79. The first-order valence-electron chi connectivity index (χ1n) is 5.67. The molecule has 8 heteroatoms.